The molecule has 8 nitrogen and oxygen atoms in total. The van der Waals surface area contributed by atoms with Crippen molar-refractivity contribution < 1.29 is 26.7 Å². The summed E-state index contributed by atoms with van der Waals surface area (Å²) in [6, 6.07) is 3.46. The third kappa shape index (κ3) is 3.29. The van der Waals surface area contributed by atoms with Crippen LogP contribution in [0.5, 0.6) is 0 Å². The number of benzene rings is 1. The zero-order valence-corrected chi connectivity index (χ0v) is 13.2. The van der Waals surface area contributed by atoms with Crippen molar-refractivity contribution in [2.75, 3.05) is 6.54 Å². The van der Waals surface area contributed by atoms with Crippen LogP contribution in [0.4, 0.5) is 0 Å². The molecule has 0 saturated carbocycles. The first-order chi connectivity index (χ1) is 10.1. The predicted molar refractivity (Wildman–Crippen MR) is 77.0 cm³/mol. The molecular weight excluding hydrogens is 332 g/mol. The molecule has 22 heavy (non-hydrogen) atoms. The van der Waals surface area contributed by atoms with E-state index in [1.54, 1.807) is 0 Å². The van der Waals surface area contributed by atoms with Crippen molar-refractivity contribution in [2.45, 2.75) is 35.1 Å². The monoisotopic (exact) mass is 348 g/mol. The van der Waals surface area contributed by atoms with Crippen molar-refractivity contribution in [3.8, 4) is 0 Å². The van der Waals surface area contributed by atoms with Crippen molar-refractivity contribution in [3.05, 3.63) is 24.3 Å². The second-order valence-electron chi connectivity index (χ2n) is 4.99. The summed E-state index contributed by atoms with van der Waals surface area (Å²) in [4.78, 5) is 10.6. The van der Waals surface area contributed by atoms with Crippen LogP contribution in [0.25, 0.3) is 0 Å². The summed E-state index contributed by atoms with van der Waals surface area (Å²) in [6.45, 7) is 0.0822. The minimum absolute atomic E-state index is 0.0822. The molecule has 0 bridgehead atoms. The summed E-state index contributed by atoms with van der Waals surface area (Å²) in [5.74, 6) is -1.22. The number of rotatable bonds is 4. The molecule has 1 aliphatic rings. The van der Waals surface area contributed by atoms with E-state index in [1.807, 2.05) is 0 Å². The number of carboxylic acids is 1. The van der Waals surface area contributed by atoms with E-state index in [4.69, 9.17) is 5.14 Å². The molecule has 10 heteroatoms. The lowest BCUT2D eigenvalue weighted by Crippen LogP contribution is -2.47. The van der Waals surface area contributed by atoms with Gasteiger partial charge in [-0.05, 0) is 37.5 Å². The average molecular weight is 348 g/mol. The number of sulfonamides is 2. The quantitative estimate of drug-likeness (QED) is 0.784. The lowest BCUT2D eigenvalue weighted by molar-refractivity contribution is -0.142. The number of carbonyl (C=O) groups is 1. The minimum atomic E-state index is -4.11. The van der Waals surface area contributed by atoms with E-state index in [0.717, 1.165) is 10.4 Å². The Kier molecular flexibility index (Phi) is 4.57. The number of hydrogen-bond donors (Lipinski definition) is 2. The van der Waals surface area contributed by atoms with Gasteiger partial charge >= 0.3 is 5.97 Å². The zero-order valence-electron chi connectivity index (χ0n) is 11.5. The number of primary sulfonamides is 1. The first kappa shape index (κ1) is 16.9. The number of carboxylic acid groups (broad SMARTS) is 1. The van der Waals surface area contributed by atoms with Gasteiger partial charge in [0.2, 0.25) is 20.0 Å². The number of aliphatic carboxylic acids is 1. The summed E-state index contributed by atoms with van der Waals surface area (Å²) < 4.78 is 48.8. The summed E-state index contributed by atoms with van der Waals surface area (Å²) in [5, 5.41) is 14.2. The first-order valence-corrected chi connectivity index (χ1v) is 9.50. The Labute approximate surface area is 128 Å². The van der Waals surface area contributed by atoms with Crippen molar-refractivity contribution in [3.63, 3.8) is 0 Å². The third-order valence-electron chi connectivity index (χ3n) is 3.48. The molecule has 1 aromatic rings. The topological polar surface area (TPSA) is 135 Å². The highest BCUT2D eigenvalue weighted by Crippen LogP contribution is 2.26. The van der Waals surface area contributed by atoms with E-state index in [9.17, 15) is 26.7 Å². The molecule has 0 aromatic heterocycles. The molecule has 1 aromatic carbocycles. The number of nitrogens with zero attached hydrogens (tertiary/aromatic N) is 1. The minimum Gasteiger partial charge on any atom is -0.480 e. The van der Waals surface area contributed by atoms with Crippen molar-refractivity contribution in [1.29, 1.82) is 0 Å². The van der Waals surface area contributed by atoms with E-state index < -0.39 is 32.1 Å². The Morgan fingerprint density at radius 3 is 2.41 bits per heavy atom. The second-order valence-corrected chi connectivity index (χ2v) is 8.44. The van der Waals surface area contributed by atoms with Crippen LogP contribution in [-0.4, -0.2) is 44.8 Å². The van der Waals surface area contributed by atoms with Crippen LogP contribution in [0.15, 0.2) is 34.1 Å². The molecule has 1 atom stereocenters. The van der Waals surface area contributed by atoms with Crippen LogP contribution >= 0.6 is 0 Å². The average Bonchev–Trinajstić information content (AvgIpc) is 2.46. The summed E-state index contributed by atoms with van der Waals surface area (Å²) >= 11 is 0. The van der Waals surface area contributed by atoms with Gasteiger partial charge < -0.3 is 5.11 Å². The Morgan fingerprint density at radius 2 is 1.82 bits per heavy atom. The lowest BCUT2D eigenvalue weighted by atomic mass is 10.1. The fourth-order valence-electron chi connectivity index (χ4n) is 2.39. The number of hydrogen-bond acceptors (Lipinski definition) is 5. The van der Waals surface area contributed by atoms with Gasteiger partial charge in [-0.1, -0.05) is 6.07 Å². The fraction of sp³-hybridized carbons (Fsp3) is 0.417. The first-order valence-electron chi connectivity index (χ1n) is 6.51. The van der Waals surface area contributed by atoms with Gasteiger partial charge in [0.15, 0.2) is 0 Å². The maximum absolute atomic E-state index is 12.6. The van der Waals surface area contributed by atoms with Crippen LogP contribution in [0, 0.1) is 0 Å². The van der Waals surface area contributed by atoms with Crippen molar-refractivity contribution in [2.24, 2.45) is 5.14 Å². The SMILES string of the molecule is NS(=O)(=O)c1cccc(S(=O)(=O)N2CCCCC2C(=O)O)c1. The molecule has 1 fully saturated rings. The maximum Gasteiger partial charge on any atom is 0.322 e. The molecule has 0 radical (unpaired) electrons. The highest BCUT2D eigenvalue weighted by molar-refractivity contribution is 7.90. The van der Waals surface area contributed by atoms with Crippen LogP contribution in [-0.2, 0) is 24.8 Å². The molecule has 122 valence electrons. The molecule has 0 spiro atoms. The van der Waals surface area contributed by atoms with Gasteiger partial charge in [-0.3, -0.25) is 4.79 Å². The zero-order chi connectivity index (χ0) is 16.5. The van der Waals surface area contributed by atoms with Gasteiger partial charge in [-0.25, -0.2) is 22.0 Å². The highest BCUT2D eigenvalue weighted by atomic mass is 32.2. The van der Waals surface area contributed by atoms with Gasteiger partial charge in [0, 0.05) is 6.54 Å². The molecule has 3 N–H and O–H groups in total. The standard InChI is InChI=1S/C12H16N2O6S2/c13-21(17,18)9-4-3-5-10(8-9)22(19,20)14-7-2-1-6-11(14)12(15)16/h3-5,8,11H,1-2,6-7H2,(H,15,16)(H2,13,17,18). The van der Waals surface area contributed by atoms with Gasteiger partial charge in [0.05, 0.1) is 9.79 Å². The molecule has 2 rings (SSSR count). The van der Waals surface area contributed by atoms with Crippen LogP contribution in [0.3, 0.4) is 0 Å². The summed E-state index contributed by atoms with van der Waals surface area (Å²) in [7, 11) is -8.15. The Balaban J connectivity index is 2.48. The molecule has 0 amide bonds. The number of piperidine rings is 1. The molecule has 1 unspecified atom stereocenters. The van der Waals surface area contributed by atoms with E-state index in [1.165, 1.54) is 18.2 Å². The Bertz CT molecular complexity index is 788. The van der Waals surface area contributed by atoms with Crippen molar-refractivity contribution in [1.82, 2.24) is 4.31 Å². The van der Waals surface area contributed by atoms with Gasteiger partial charge in [-0.2, -0.15) is 4.31 Å². The fourth-order valence-corrected chi connectivity index (χ4v) is 4.72. The summed E-state index contributed by atoms with van der Waals surface area (Å²) in [6.07, 6.45) is 1.40. The van der Waals surface area contributed by atoms with E-state index in [2.05, 4.69) is 0 Å². The van der Waals surface area contributed by atoms with E-state index >= 15 is 0 Å². The predicted octanol–water partition coefficient (Wildman–Crippen LogP) is -0.0382. The molecule has 0 aliphatic carbocycles. The summed E-state index contributed by atoms with van der Waals surface area (Å²) in [5.41, 5.74) is 0. The largest absolute Gasteiger partial charge is 0.480 e. The molecule has 1 heterocycles. The van der Waals surface area contributed by atoms with E-state index in [-0.39, 0.29) is 22.8 Å². The van der Waals surface area contributed by atoms with Crippen LogP contribution < -0.4 is 5.14 Å². The Hall–Kier alpha value is -1.49. The lowest BCUT2D eigenvalue weighted by Gasteiger charge is -2.31. The second kappa shape index (κ2) is 5.95. The molecular formula is C12H16N2O6S2. The van der Waals surface area contributed by atoms with Gasteiger partial charge in [-0.15, -0.1) is 0 Å². The normalized spacial score (nSPS) is 20.7. The highest BCUT2D eigenvalue weighted by Gasteiger charge is 2.37. The van der Waals surface area contributed by atoms with Crippen molar-refractivity contribution >= 4 is 26.0 Å². The maximum atomic E-state index is 12.6. The van der Waals surface area contributed by atoms with Crippen LogP contribution in [0.2, 0.25) is 0 Å². The van der Waals surface area contributed by atoms with Crippen LogP contribution in [0.1, 0.15) is 19.3 Å². The van der Waals surface area contributed by atoms with Gasteiger partial charge in [0.1, 0.15) is 6.04 Å². The van der Waals surface area contributed by atoms with Gasteiger partial charge in [0.25, 0.3) is 0 Å². The third-order valence-corrected chi connectivity index (χ3v) is 6.29. The molecule has 1 saturated heterocycles. The van der Waals surface area contributed by atoms with E-state index in [0.29, 0.717) is 12.8 Å². The number of nitrogens with two attached hydrogens (primary N) is 1. The molecule has 1 aliphatic heterocycles. The Morgan fingerprint density at radius 1 is 1.18 bits per heavy atom. The smallest absolute Gasteiger partial charge is 0.322 e.